The predicted molar refractivity (Wildman–Crippen MR) is 133 cm³/mol. The van der Waals surface area contributed by atoms with Crippen LogP contribution < -0.4 is 5.32 Å². The first-order valence-corrected chi connectivity index (χ1v) is 10.8. The van der Waals surface area contributed by atoms with E-state index >= 15 is 0 Å². The van der Waals surface area contributed by atoms with Gasteiger partial charge >= 0.3 is 0 Å². The summed E-state index contributed by atoms with van der Waals surface area (Å²) in [5, 5.41) is 3.94. The lowest BCUT2D eigenvalue weighted by atomic mass is 10.0. The summed E-state index contributed by atoms with van der Waals surface area (Å²) < 4.78 is 0. The van der Waals surface area contributed by atoms with Gasteiger partial charge in [0, 0.05) is 10.9 Å². The van der Waals surface area contributed by atoms with Gasteiger partial charge in [0.15, 0.2) is 0 Å². The minimum absolute atomic E-state index is 0.122. The van der Waals surface area contributed by atoms with Gasteiger partial charge in [-0.3, -0.25) is 4.79 Å². The van der Waals surface area contributed by atoms with Crippen LogP contribution in [0.25, 0.3) is 22.2 Å². The number of hydrogen-bond donors (Lipinski definition) is 1. The van der Waals surface area contributed by atoms with Crippen LogP contribution in [-0.2, 0) is 0 Å². The van der Waals surface area contributed by atoms with Gasteiger partial charge in [-0.2, -0.15) is 0 Å². The Morgan fingerprint density at radius 2 is 1.74 bits per heavy atom. The summed E-state index contributed by atoms with van der Waals surface area (Å²) in [5.74, 6) is -0.122. The highest BCUT2D eigenvalue weighted by molar-refractivity contribution is 6.07. The number of carbonyl (C=O) groups is 1. The van der Waals surface area contributed by atoms with E-state index in [9.17, 15) is 4.79 Å². The number of nitrogens with one attached hydrogen (secondary N) is 1. The number of nitrogens with zero attached hydrogens (tertiary/aromatic N) is 1. The Labute approximate surface area is 186 Å². The first-order valence-electron chi connectivity index (χ1n) is 10.8. The molecule has 1 N–H and O–H groups in total. The minimum atomic E-state index is -0.145. The summed E-state index contributed by atoms with van der Waals surface area (Å²) in [6.45, 7) is 11.9. The van der Waals surface area contributed by atoms with Gasteiger partial charge in [0.2, 0.25) is 0 Å². The van der Waals surface area contributed by atoms with Crippen LogP contribution in [0.1, 0.15) is 44.5 Å². The molecule has 0 saturated carbocycles. The van der Waals surface area contributed by atoms with E-state index in [-0.39, 0.29) is 11.9 Å². The third kappa shape index (κ3) is 6.51. The topological polar surface area (TPSA) is 42.0 Å². The molecule has 160 valence electrons. The van der Waals surface area contributed by atoms with Crippen LogP contribution in [0.5, 0.6) is 0 Å². The molecule has 1 aromatic heterocycles. The van der Waals surface area contributed by atoms with E-state index in [1.165, 1.54) is 6.42 Å². The molecule has 1 atom stereocenters. The summed E-state index contributed by atoms with van der Waals surface area (Å²) in [4.78, 5) is 17.9. The number of amides is 1. The number of fused-ring (bicyclic) bond motifs is 1. The van der Waals surface area contributed by atoms with Crippen molar-refractivity contribution in [1.29, 1.82) is 0 Å². The highest BCUT2D eigenvalue weighted by Crippen LogP contribution is 2.25. The van der Waals surface area contributed by atoms with Crippen molar-refractivity contribution in [2.75, 3.05) is 0 Å². The Hall–Kier alpha value is -3.46. The molecule has 0 aliphatic carbocycles. The molecule has 1 unspecified atom stereocenters. The van der Waals surface area contributed by atoms with Gasteiger partial charge in [0.25, 0.3) is 5.91 Å². The molecule has 3 nitrogen and oxygen atoms in total. The normalized spacial score (nSPS) is 12.2. The van der Waals surface area contributed by atoms with Crippen molar-refractivity contribution in [3.8, 4) is 11.3 Å². The van der Waals surface area contributed by atoms with Crippen molar-refractivity contribution in [3.05, 3.63) is 103 Å². The standard InChI is InChI=1S/C25H24N2O.C3H8/c1-4-11-19(12-5-2)18(3)26-25(28)22-17-24(20-13-7-6-8-14-20)27-23-16-10-9-15-21(22)23;1-3-2/h4-18H,1H2,2-3H3,(H,26,28);3H2,1-2H3/b12-5-,19-11+;. The Balaban J connectivity index is 0.00000107. The average Bonchev–Trinajstić information content (AvgIpc) is 2.79. The number of pyridine rings is 1. The quantitative estimate of drug-likeness (QED) is 0.438. The van der Waals surface area contributed by atoms with E-state index in [0.29, 0.717) is 5.56 Å². The molecule has 31 heavy (non-hydrogen) atoms. The van der Waals surface area contributed by atoms with E-state index in [1.54, 1.807) is 6.08 Å². The van der Waals surface area contributed by atoms with E-state index in [0.717, 1.165) is 27.7 Å². The SMILES string of the molecule is C=C/C=C(\C=C/C)C(C)NC(=O)c1cc(-c2ccccc2)nc2ccccc12.CCC. The first-order chi connectivity index (χ1) is 15.0. The number of rotatable bonds is 6. The third-order valence-electron chi connectivity index (χ3n) is 4.55. The predicted octanol–water partition coefficient (Wildman–Crippen LogP) is 7.12. The Morgan fingerprint density at radius 1 is 1.10 bits per heavy atom. The maximum Gasteiger partial charge on any atom is 0.252 e. The molecule has 0 aliphatic rings. The number of carbonyl (C=O) groups excluding carboxylic acids is 1. The number of para-hydroxylation sites is 1. The van der Waals surface area contributed by atoms with Crippen LogP contribution in [0.4, 0.5) is 0 Å². The van der Waals surface area contributed by atoms with E-state index in [4.69, 9.17) is 4.98 Å². The van der Waals surface area contributed by atoms with Crippen molar-refractivity contribution < 1.29 is 4.79 Å². The monoisotopic (exact) mass is 412 g/mol. The molecule has 0 bridgehead atoms. The fraction of sp³-hybridized carbons (Fsp3) is 0.214. The zero-order chi connectivity index (χ0) is 22.6. The molecule has 3 aromatic rings. The van der Waals surface area contributed by atoms with Crippen LogP contribution in [-0.4, -0.2) is 16.9 Å². The number of allylic oxidation sites excluding steroid dienone is 3. The fourth-order valence-electron chi connectivity index (χ4n) is 3.15. The van der Waals surface area contributed by atoms with Crippen LogP contribution >= 0.6 is 0 Å². The smallest absolute Gasteiger partial charge is 0.252 e. The molecule has 0 spiro atoms. The second-order valence-corrected chi connectivity index (χ2v) is 7.24. The van der Waals surface area contributed by atoms with Gasteiger partial charge in [-0.15, -0.1) is 0 Å². The van der Waals surface area contributed by atoms with Gasteiger partial charge in [0.05, 0.1) is 22.8 Å². The molecule has 0 aliphatic heterocycles. The largest absolute Gasteiger partial charge is 0.345 e. The zero-order valence-corrected chi connectivity index (χ0v) is 18.9. The first kappa shape index (κ1) is 23.8. The average molecular weight is 413 g/mol. The number of benzene rings is 2. The molecule has 3 rings (SSSR count). The van der Waals surface area contributed by atoms with Crippen LogP contribution in [0.2, 0.25) is 0 Å². The maximum absolute atomic E-state index is 13.1. The molecule has 0 fully saturated rings. The molecule has 1 amide bonds. The van der Waals surface area contributed by atoms with Crippen LogP contribution in [0.15, 0.2) is 97.1 Å². The lowest BCUT2D eigenvalue weighted by Gasteiger charge is -2.17. The highest BCUT2D eigenvalue weighted by Gasteiger charge is 2.16. The molecular formula is C28H32N2O. The Kier molecular flexibility index (Phi) is 9.44. The molecule has 0 saturated heterocycles. The summed E-state index contributed by atoms with van der Waals surface area (Å²) in [6, 6.07) is 19.4. The van der Waals surface area contributed by atoms with E-state index in [2.05, 4.69) is 25.7 Å². The van der Waals surface area contributed by atoms with Gasteiger partial charge in [-0.25, -0.2) is 4.98 Å². The summed E-state index contributed by atoms with van der Waals surface area (Å²) in [6.07, 6.45) is 8.82. The summed E-state index contributed by atoms with van der Waals surface area (Å²) in [7, 11) is 0. The van der Waals surface area contributed by atoms with Crippen molar-refractivity contribution >= 4 is 16.8 Å². The lowest BCUT2D eigenvalue weighted by Crippen LogP contribution is -2.33. The van der Waals surface area contributed by atoms with Gasteiger partial charge in [-0.1, -0.05) is 99.7 Å². The zero-order valence-electron chi connectivity index (χ0n) is 18.9. The highest BCUT2D eigenvalue weighted by atomic mass is 16.1. The molecule has 1 heterocycles. The van der Waals surface area contributed by atoms with Gasteiger partial charge < -0.3 is 5.32 Å². The van der Waals surface area contributed by atoms with Crippen LogP contribution in [0, 0.1) is 0 Å². The van der Waals surface area contributed by atoms with Crippen molar-refractivity contribution in [3.63, 3.8) is 0 Å². The Bertz CT molecular complexity index is 1060. The lowest BCUT2D eigenvalue weighted by molar-refractivity contribution is 0.0947. The summed E-state index contributed by atoms with van der Waals surface area (Å²) >= 11 is 0. The van der Waals surface area contributed by atoms with Crippen molar-refractivity contribution in [1.82, 2.24) is 10.3 Å². The molecule has 3 heteroatoms. The second kappa shape index (κ2) is 12.3. The maximum atomic E-state index is 13.1. The molecule has 2 aromatic carbocycles. The molecule has 0 radical (unpaired) electrons. The van der Waals surface area contributed by atoms with E-state index in [1.807, 2.05) is 92.7 Å². The minimum Gasteiger partial charge on any atom is -0.345 e. The number of aromatic nitrogens is 1. The molecular weight excluding hydrogens is 380 g/mol. The van der Waals surface area contributed by atoms with Gasteiger partial charge in [0.1, 0.15) is 0 Å². The van der Waals surface area contributed by atoms with Crippen molar-refractivity contribution in [2.24, 2.45) is 0 Å². The van der Waals surface area contributed by atoms with Crippen LogP contribution in [0.3, 0.4) is 0 Å². The second-order valence-electron chi connectivity index (χ2n) is 7.24. The summed E-state index contributed by atoms with van der Waals surface area (Å²) in [5.41, 5.74) is 4.18. The third-order valence-corrected chi connectivity index (χ3v) is 4.55. The van der Waals surface area contributed by atoms with Crippen molar-refractivity contribution in [2.45, 2.75) is 40.2 Å². The fourth-order valence-corrected chi connectivity index (χ4v) is 3.15. The number of hydrogen-bond acceptors (Lipinski definition) is 2. The van der Waals surface area contributed by atoms with E-state index < -0.39 is 0 Å². The Morgan fingerprint density at radius 3 is 2.39 bits per heavy atom. The van der Waals surface area contributed by atoms with Gasteiger partial charge in [-0.05, 0) is 31.6 Å².